The number of hydrogen-bond acceptors (Lipinski definition) is 9. The lowest BCUT2D eigenvalue weighted by Crippen LogP contribution is -2.38. The van der Waals surface area contributed by atoms with Crippen LogP contribution in [0.15, 0.2) is 52.9 Å². The molecule has 0 amide bonds. The Kier molecular flexibility index (Phi) is 12.1. The molecule has 0 aromatic heterocycles. The maximum Gasteiger partial charge on any atom is 0.339 e. The van der Waals surface area contributed by atoms with Crippen LogP contribution in [0.3, 0.4) is 0 Å². The minimum atomic E-state index is -0.801. The highest BCUT2D eigenvalue weighted by molar-refractivity contribution is 5.93. The number of methoxy groups -OCH3 is 1. The number of likely N-dealkylation sites (N-methyl/N-ethyl adjacent to an activating group) is 1. The fraction of sp³-hybridized carbons (Fsp3) is 0.550. The highest BCUT2D eigenvalue weighted by Gasteiger charge is 2.43. The van der Waals surface area contributed by atoms with Gasteiger partial charge in [-0.3, -0.25) is 4.79 Å². The van der Waals surface area contributed by atoms with Gasteiger partial charge in [-0.2, -0.15) is 0 Å². The maximum atomic E-state index is 13.2. The lowest BCUT2D eigenvalue weighted by molar-refractivity contribution is -0.151. The summed E-state index contributed by atoms with van der Waals surface area (Å²) in [6.45, 7) is 18.9. The number of rotatable bonds is 12. The van der Waals surface area contributed by atoms with Crippen LogP contribution in [0.2, 0.25) is 0 Å². The average molecular weight is 675 g/mol. The minimum absolute atomic E-state index is 0.192. The summed E-state index contributed by atoms with van der Waals surface area (Å²) < 4.78 is 16.9. The Morgan fingerprint density at radius 2 is 1.65 bits per heavy atom. The molecular weight excluding hydrogens is 616 g/mol. The van der Waals surface area contributed by atoms with Crippen molar-refractivity contribution in [3.8, 4) is 0 Å². The van der Waals surface area contributed by atoms with Crippen molar-refractivity contribution in [3.05, 3.63) is 91.8 Å². The van der Waals surface area contributed by atoms with E-state index in [1.807, 2.05) is 67.5 Å². The zero-order chi connectivity index (χ0) is 36.3. The van der Waals surface area contributed by atoms with Gasteiger partial charge in [0.2, 0.25) is 0 Å². The first-order chi connectivity index (χ1) is 22.9. The van der Waals surface area contributed by atoms with Crippen LogP contribution >= 0.6 is 0 Å². The summed E-state index contributed by atoms with van der Waals surface area (Å²) in [5.41, 5.74) is 16.4. The van der Waals surface area contributed by atoms with Gasteiger partial charge >= 0.3 is 11.9 Å². The van der Waals surface area contributed by atoms with Gasteiger partial charge in [-0.15, -0.1) is 0 Å². The molecule has 0 saturated heterocycles. The Balaban J connectivity index is 1.44. The van der Waals surface area contributed by atoms with Crippen molar-refractivity contribution in [1.29, 1.82) is 0 Å². The van der Waals surface area contributed by atoms with Crippen molar-refractivity contribution in [2.45, 2.75) is 106 Å². The van der Waals surface area contributed by atoms with Crippen molar-refractivity contribution in [1.82, 2.24) is 9.91 Å². The monoisotopic (exact) mass is 674 g/mol. The van der Waals surface area contributed by atoms with Gasteiger partial charge in [0.05, 0.1) is 36.1 Å². The van der Waals surface area contributed by atoms with Crippen LogP contribution in [-0.2, 0) is 38.6 Å². The summed E-state index contributed by atoms with van der Waals surface area (Å²) in [6.07, 6.45) is 3.17. The first kappa shape index (κ1) is 38.1. The molecule has 0 radical (unpaired) electrons. The molecule has 0 bridgehead atoms. The van der Waals surface area contributed by atoms with Gasteiger partial charge in [0, 0.05) is 32.2 Å². The molecule has 1 unspecified atom stereocenters. The summed E-state index contributed by atoms with van der Waals surface area (Å²) in [5.74, 6) is 5.85. The van der Waals surface area contributed by atoms with Crippen molar-refractivity contribution < 1.29 is 23.8 Å². The van der Waals surface area contributed by atoms with Gasteiger partial charge in [-0.25, -0.2) is 10.6 Å². The number of esters is 2. The van der Waals surface area contributed by atoms with Crippen molar-refractivity contribution in [2.75, 3.05) is 33.9 Å². The van der Waals surface area contributed by atoms with Crippen LogP contribution in [0.1, 0.15) is 110 Å². The molecule has 0 fully saturated rings. The number of nitrogens with zero attached hydrogens (tertiary/aromatic N) is 2. The first-order valence-electron chi connectivity index (χ1n) is 17.4. The van der Waals surface area contributed by atoms with E-state index in [9.17, 15) is 9.59 Å². The average Bonchev–Trinajstić information content (AvgIpc) is 3.01. The van der Waals surface area contributed by atoms with Gasteiger partial charge in [0.1, 0.15) is 5.60 Å². The third-order valence-electron chi connectivity index (χ3n) is 9.87. The van der Waals surface area contributed by atoms with E-state index in [0.717, 1.165) is 71.4 Å². The molecule has 4 N–H and O–H groups in total. The number of aryl methyl sites for hydroxylation is 2. The van der Waals surface area contributed by atoms with Gasteiger partial charge in [-0.05, 0) is 127 Å². The van der Waals surface area contributed by atoms with Crippen LogP contribution in [0.4, 0.5) is 0 Å². The van der Waals surface area contributed by atoms with Gasteiger partial charge in [-0.1, -0.05) is 35.9 Å². The van der Waals surface area contributed by atoms with E-state index in [-0.39, 0.29) is 17.9 Å². The highest BCUT2D eigenvalue weighted by atomic mass is 16.6. The van der Waals surface area contributed by atoms with Crippen LogP contribution in [0, 0.1) is 19.3 Å². The second-order valence-corrected chi connectivity index (χ2v) is 15.4. The van der Waals surface area contributed by atoms with Gasteiger partial charge in [0.25, 0.3) is 0 Å². The van der Waals surface area contributed by atoms with E-state index in [0.29, 0.717) is 37.4 Å². The number of carbonyl (C=O) groups is 2. The Morgan fingerprint density at radius 1 is 0.980 bits per heavy atom. The number of hydrogen-bond donors (Lipinski definition) is 2. The predicted molar refractivity (Wildman–Crippen MR) is 194 cm³/mol. The van der Waals surface area contributed by atoms with Crippen molar-refractivity contribution in [3.63, 3.8) is 0 Å². The fourth-order valence-corrected chi connectivity index (χ4v) is 7.41. The first-order valence-corrected chi connectivity index (χ1v) is 17.4. The highest BCUT2D eigenvalue weighted by Crippen LogP contribution is 2.48. The fourth-order valence-electron chi connectivity index (χ4n) is 7.41. The number of carbonyl (C=O) groups excluding carboxylic acids is 2. The topological polar surface area (TPSA) is 120 Å². The second kappa shape index (κ2) is 15.5. The Hall–Kier alpha value is -3.66. The van der Waals surface area contributed by atoms with Gasteiger partial charge in [0.15, 0.2) is 0 Å². The van der Waals surface area contributed by atoms with E-state index in [1.54, 1.807) is 5.01 Å². The molecule has 268 valence electrons. The molecule has 1 aliphatic carbocycles. The maximum absolute atomic E-state index is 13.2. The smallest absolute Gasteiger partial charge is 0.339 e. The van der Waals surface area contributed by atoms with E-state index in [1.165, 1.54) is 18.2 Å². The quantitative estimate of drug-likeness (QED) is 0.111. The summed E-state index contributed by atoms with van der Waals surface area (Å²) in [4.78, 5) is 28.3. The predicted octanol–water partition coefficient (Wildman–Crippen LogP) is 6.59. The van der Waals surface area contributed by atoms with Crippen LogP contribution in [0.25, 0.3) is 0 Å². The number of hydrazine groups is 1. The van der Waals surface area contributed by atoms with Crippen molar-refractivity contribution in [2.24, 2.45) is 17.0 Å². The molecule has 1 aliphatic heterocycles. The van der Waals surface area contributed by atoms with Crippen LogP contribution < -0.4 is 11.6 Å². The second-order valence-electron chi connectivity index (χ2n) is 15.4. The number of benzene rings is 2. The molecule has 9 heteroatoms. The Labute approximate surface area is 293 Å². The molecule has 0 saturated carbocycles. The molecule has 0 spiro atoms. The molecule has 1 heterocycles. The molecule has 9 nitrogen and oxygen atoms in total. The van der Waals surface area contributed by atoms with Gasteiger partial charge < -0.3 is 29.9 Å². The minimum Gasteiger partial charge on any atom is -0.469 e. The van der Waals surface area contributed by atoms with E-state index in [4.69, 9.17) is 25.8 Å². The zero-order valence-corrected chi connectivity index (χ0v) is 31.4. The zero-order valence-electron chi connectivity index (χ0n) is 31.4. The number of nitrogens with two attached hydrogens (primary N) is 2. The van der Waals surface area contributed by atoms with E-state index >= 15 is 0 Å². The Morgan fingerprint density at radius 3 is 2.29 bits per heavy atom. The normalized spacial score (nSPS) is 16.4. The number of allylic oxidation sites excluding steroid dienone is 3. The lowest BCUT2D eigenvalue weighted by atomic mass is 9.67. The van der Waals surface area contributed by atoms with Crippen LogP contribution in [-0.4, -0.2) is 61.3 Å². The molecule has 2 aromatic rings. The molecule has 1 atom stereocenters. The summed E-state index contributed by atoms with van der Waals surface area (Å²) >= 11 is 0. The summed E-state index contributed by atoms with van der Waals surface area (Å²) in [6, 6.07) is 10.7. The largest absolute Gasteiger partial charge is 0.469 e. The number of ether oxygens (including phenoxy) is 3. The lowest BCUT2D eigenvalue weighted by Gasteiger charge is -2.39. The third-order valence-corrected chi connectivity index (χ3v) is 9.87. The summed E-state index contributed by atoms with van der Waals surface area (Å²) in [5, 5.41) is 1.75. The molecule has 2 aliphatic rings. The molecule has 49 heavy (non-hydrogen) atoms. The standard InChI is InChI=1S/C40H58N4O5/c1-25-20-28(21-26(2)34(25)37(45)49-39(4,5)6)24-48-19-11-17-44(42)33-15-14-32(27(3)36(33)41)35(40(7,8)38(46)47-10)30-13-12-29-16-18-43(9)23-31(29)22-30/h12-13,20-22,35H,11,14-19,23-24,41-42H2,1-10H3. The van der Waals surface area contributed by atoms with Crippen LogP contribution in [0.5, 0.6) is 0 Å². The summed E-state index contributed by atoms with van der Waals surface area (Å²) in [7, 11) is 3.60. The SMILES string of the molecule is COC(=O)C(C)(C)C(C1=C(C)C(N)=C(N(N)CCCOCc2cc(C)c(C(=O)OC(C)(C)C)c(C)c2)CC1)c1ccc2c(c1)CN(C)CC2. The van der Waals surface area contributed by atoms with E-state index in [2.05, 4.69) is 30.1 Å². The van der Waals surface area contributed by atoms with E-state index < -0.39 is 11.0 Å². The molecular formula is C40H58N4O5. The molecule has 2 aromatic carbocycles. The van der Waals surface area contributed by atoms with Crippen molar-refractivity contribution >= 4 is 11.9 Å². The number of fused-ring (bicyclic) bond motifs is 1. The molecule has 4 rings (SSSR count). The Bertz CT molecular complexity index is 1590. The third kappa shape index (κ3) is 8.93.